The predicted octanol–water partition coefficient (Wildman–Crippen LogP) is 5.36. The number of aliphatic hydroxyl groups is 1. The number of amides is 3. The van der Waals surface area contributed by atoms with Crippen molar-refractivity contribution >= 4 is 23.7 Å². The first kappa shape index (κ1) is 39.3. The smallest absolute Gasteiger partial charge is 0.313 e. The van der Waals surface area contributed by atoms with Crippen LogP contribution in [0.15, 0.2) is 55.6 Å². The molecule has 0 radical (unpaired) electrons. The van der Waals surface area contributed by atoms with Gasteiger partial charge in [-0.15, -0.1) is 13.2 Å². The van der Waals surface area contributed by atoms with Crippen molar-refractivity contribution in [2.75, 3.05) is 19.7 Å². The van der Waals surface area contributed by atoms with Crippen molar-refractivity contribution in [1.82, 2.24) is 15.1 Å². The highest BCUT2D eigenvalue weighted by atomic mass is 16.6. The second-order valence-corrected chi connectivity index (χ2v) is 16.2. The number of carbonyl (C=O) groups is 4. The number of allylic oxidation sites excluding steroid dienone is 1. The zero-order valence-electron chi connectivity index (χ0n) is 31.2. The van der Waals surface area contributed by atoms with Crippen LogP contribution < -0.4 is 5.32 Å². The molecule has 3 saturated heterocycles. The van der Waals surface area contributed by atoms with Crippen molar-refractivity contribution < 1.29 is 33.8 Å². The van der Waals surface area contributed by atoms with Crippen LogP contribution >= 0.6 is 0 Å². The lowest BCUT2D eigenvalue weighted by molar-refractivity contribution is -0.162. The lowest BCUT2D eigenvalue weighted by Crippen LogP contribution is -2.63. The highest BCUT2D eigenvalue weighted by molar-refractivity contribution is 5.98. The number of hydrogen-bond acceptors (Lipinski definition) is 7. The summed E-state index contributed by atoms with van der Waals surface area (Å²) in [4.78, 5) is 60.1. The Morgan fingerprint density at radius 3 is 2.42 bits per heavy atom. The largest absolute Gasteiger partial charge is 0.455 e. The van der Waals surface area contributed by atoms with E-state index in [0.29, 0.717) is 37.7 Å². The first-order valence-corrected chi connectivity index (χ1v) is 18.2. The summed E-state index contributed by atoms with van der Waals surface area (Å²) in [6, 6.07) is 7.49. The topological polar surface area (TPSA) is 125 Å². The second-order valence-electron chi connectivity index (χ2n) is 16.2. The Hall–Kier alpha value is -3.50. The minimum atomic E-state index is -1.26. The molecule has 0 unspecified atom stereocenters. The van der Waals surface area contributed by atoms with Crippen LogP contribution in [0.5, 0.6) is 0 Å². The molecule has 1 spiro atoms. The fourth-order valence-corrected chi connectivity index (χ4v) is 8.76. The van der Waals surface area contributed by atoms with Crippen molar-refractivity contribution in [3.05, 3.63) is 61.2 Å². The SMILES string of the molecule is C=CCCC(=O)NC[C@H](OC(=O)[C@@H]1[C@H]2C(=O)N([C@@H](CO)[C@@H](C)CC)[C@H](C(=O)N(CC=C)C(C)(C)CC(C)(C)C)[C@]23CC[C@H]1O3)c1ccccc1. The molecule has 10 heteroatoms. The van der Waals surface area contributed by atoms with Gasteiger partial charge in [-0.3, -0.25) is 19.2 Å². The minimum absolute atomic E-state index is 0.0565. The number of nitrogens with one attached hydrogen (secondary N) is 1. The second kappa shape index (κ2) is 15.8. The monoisotopic (exact) mass is 693 g/mol. The van der Waals surface area contributed by atoms with Gasteiger partial charge in [0.15, 0.2) is 0 Å². The molecule has 1 aromatic carbocycles. The Morgan fingerprint density at radius 2 is 1.84 bits per heavy atom. The summed E-state index contributed by atoms with van der Waals surface area (Å²) in [7, 11) is 0. The van der Waals surface area contributed by atoms with Gasteiger partial charge in [0.05, 0.1) is 37.1 Å². The predicted molar refractivity (Wildman–Crippen MR) is 193 cm³/mol. The maximum absolute atomic E-state index is 15.1. The summed E-state index contributed by atoms with van der Waals surface area (Å²) in [5, 5.41) is 13.6. The summed E-state index contributed by atoms with van der Waals surface area (Å²) in [6.45, 7) is 22.0. The number of fused-ring (bicyclic) bond motifs is 1. The normalized spacial score (nSPS) is 26.2. The van der Waals surface area contributed by atoms with Gasteiger partial charge in [0.25, 0.3) is 0 Å². The third kappa shape index (κ3) is 7.86. The lowest BCUT2D eigenvalue weighted by Gasteiger charge is -2.47. The third-order valence-corrected chi connectivity index (χ3v) is 10.9. The van der Waals surface area contributed by atoms with Gasteiger partial charge >= 0.3 is 5.97 Å². The first-order chi connectivity index (χ1) is 23.6. The van der Waals surface area contributed by atoms with E-state index in [0.717, 1.165) is 0 Å². The molecule has 2 N–H and O–H groups in total. The van der Waals surface area contributed by atoms with Gasteiger partial charge in [0, 0.05) is 18.5 Å². The van der Waals surface area contributed by atoms with E-state index in [1.165, 1.54) is 0 Å². The van der Waals surface area contributed by atoms with E-state index < -0.39 is 53.2 Å². The van der Waals surface area contributed by atoms with E-state index in [4.69, 9.17) is 9.47 Å². The Balaban J connectivity index is 1.74. The number of benzene rings is 1. The number of rotatable bonds is 17. The van der Waals surface area contributed by atoms with Crippen molar-refractivity contribution in [1.29, 1.82) is 0 Å². The fourth-order valence-electron chi connectivity index (χ4n) is 8.76. The molecule has 4 rings (SSSR count). The number of likely N-dealkylation sites (tertiary alicyclic amines) is 1. The standard InChI is InChI=1S/C40H59N3O7/c1-10-13-19-31(45)41-23-30(27-17-15-14-16-18-27)49-37(48)32-29-20-21-40(50-29)33(32)35(46)43(28(24-44)26(4)12-3)34(40)36(47)42(22-11-2)39(8,9)25-38(5,6)7/h10-11,14-18,26,28-30,32-34,44H,1-2,12-13,19-25H2,3-9H3,(H,41,45)/t26-,28-,29+,30-,32-,33-,34+,40-/m0/s1. The third-order valence-electron chi connectivity index (χ3n) is 10.9. The van der Waals surface area contributed by atoms with Gasteiger partial charge in [0.2, 0.25) is 17.7 Å². The molecule has 3 amide bonds. The van der Waals surface area contributed by atoms with Crippen LogP contribution in [0.3, 0.4) is 0 Å². The highest BCUT2D eigenvalue weighted by Gasteiger charge is 2.76. The lowest BCUT2D eigenvalue weighted by atomic mass is 9.70. The molecule has 8 atom stereocenters. The average Bonchev–Trinajstić information content (AvgIpc) is 3.71. The average molecular weight is 694 g/mol. The molecule has 276 valence electrons. The van der Waals surface area contributed by atoms with Gasteiger partial charge in [-0.25, -0.2) is 0 Å². The molecular weight excluding hydrogens is 634 g/mol. The van der Waals surface area contributed by atoms with Crippen molar-refractivity contribution in [3.8, 4) is 0 Å². The van der Waals surface area contributed by atoms with Crippen molar-refractivity contribution in [2.24, 2.45) is 23.2 Å². The van der Waals surface area contributed by atoms with Crippen LogP contribution in [-0.2, 0) is 28.7 Å². The zero-order chi connectivity index (χ0) is 37.0. The minimum Gasteiger partial charge on any atom is -0.455 e. The Kier molecular flexibility index (Phi) is 12.4. The number of hydrogen-bond donors (Lipinski definition) is 2. The van der Waals surface area contributed by atoms with E-state index in [-0.39, 0.29) is 55.2 Å². The Bertz CT molecular complexity index is 1410. The summed E-state index contributed by atoms with van der Waals surface area (Å²) >= 11 is 0. The summed E-state index contributed by atoms with van der Waals surface area (Å²) in [5.74, 6) is -3.46. The van der Waals surface area contributed by atoms with Gasteiger partial charge in [0.1, 0.15) is 17.7 Å². The van der Waals surface area contributed by atoms with E-state index in [1.54, 1.807) is 22.0 Å². The van der Waals surface area contributed by atoms with Crippen LogP contribution in [0.4, 0.5) is 0 Å². The number of aliphatic hydroxyl groups excluding tert-OH is 1. The maximum Gasteiger partial charge on any atom is 0.313 e. The molecule has 50 heavy (non-hydrogen) atoms. The zero-order valence-corrected chi connectivity index (χ0v) is 31.2. The summed E-state index contributed by atoms with van der Waals surface area (Å²) in [5.41, 5.74) is -1.26. The van der Waals surface area contributed by atoms with Crippen molar-refractivity contribution in [2.45, 2.75) is 122 Å². The van der Waals surface area contributed by atoms with Gasteiger partial charge < -0.3 is 29.7 Å². The fraction of sp³-hybridized carbons (Fsp3) is 0.650. The van der Waals surface area contributed by atoms with Gasteiger partial charge in [-0.2, -0.15) is 0 Å². The maximum atomic E-state index is 15.1. The molecular formula is C40H59N3O7. The molecule has 1 aromatic rings. The van der Waals surface area contributed by atoms with Crippen LogP contribution in [0.25, 0.3) is 0 Å². The number of ether oxygens (including phenoxy) is 2. The van der Waals surface area contributed by atoms with Crippen LogP contribution in [0.1, 0.15) is 98.7 Å². The molecule has 0 aromatic heterocycles. The van der Waals surface area contributed by atoms with Crippen molar-refractivity contribution in [3.63, 3.8) is 0 Å². The van der Waals surface area contributed by atoms with Crippen LogP contribution in [0, 0.1) is 23.2 Å². The van der Waals surface area contributed by atoms with E-state index in [1.807, 2.05) is 58.0 Å². The van der Waals surface area contributed by atoms with Gasteiger partial charge in [-0.05, 0) is 56.4 Å². The summed E-state index contributed by atoms with van der Waals surface area (Å²) < 4.78 is 12.9. The molecule has 3 aliphatic rings. The Morgan fingerprint density at radius 1 is 1.16 bits per heavy atom. The first-order valence-electron chi connectivity index (χ1n) is 18.2. The van der Waals surface area contributed by atoms with E-state index in [2.05, 4.69) is 39.2 Å². The van der Waals surface area contributed by atoms with E-state index >= 15 is 4.79 Å². The highest BCUT2D eigenvalue weighted by Crippen LogP contribution is 2.60. The molecule has 3 aliphatic heterocycles. The number of carbonyl (C=O) groups excluding carboxylic acids is 4. The molecule has 0 saturated carbocycles. The molecule has 2 bridgehead atoms. The number of nitrogens with zero attached hydrogens (tertiary/aromatic N) is 2. The quantitative estimate of drug-likeness (QED) is 0.166. The van der Waals surface area contributed by atoms with E-state index in [9.17, 15) is 19.5 Å². The molecule has 0 aliphatic carbocycles. The van der Waals surface area contributed by atoms with Gasteiger partial charge in [-0.1, -0.05) is 83.5 Å². The van der Waals surface area contributed by atoms with Crippen LogP contribution in [0.2, 0.25) is 0 Å². The molecule has 3 fully saturated rings. The molecule has 3 heterocycles. The molecule has 10 nitrogen and oxygen atoms in total. The van der Waals surface area contributed by atoms with Crippen LogP contribution in [-0.4, -0.2) is 87.6 Å². The Labute approximate surface area is 298 Å². The number of esters is 1. The summed E-state index contributed by atoms with van der Waals surface area (Å²) in [6.07, 6.45) is 5.01.